The highest BCUT2D eigenvalue weighted by Gasteiger charge is 2.34. The molecular weight excluding hydrogens is 216 g/mol. The molecule has 1 aliphatic heterocycles. The zero-order chi connectivity index (χ0) is 12.3. The Morgan fingerprint density at radius 3 is 2.76 bits per heavy atom. The minimum atomic E-state index is 0.0951. The van der Waals surface area contributed by atoms with E-state index in [9.17, 15) is 5.11 Å². The van der Waals surface area contributed by atoms with Crippen molar-refractivity contribution in [2.45, 2.75) is 25.9 Å². The van der Waals surface area contributed by atoms with Gasteiger partial charge in [-0.1, -0.05) is 18.2 Å². The zero-order valence-electron chi connectivity index (χ0n) is 10.3. The minimum Gasteiger partial charge on any atom is -0.494 e. The first-order valence-corrected chi connectivity index (χ1v) is 6.11. The molecule has 94 valence electrons. The second-order valence-corrected chi connectivity index (χ2v) is 4.37. The maximum Gasteiger partial charge on any atom is 0.124 e. The largest absolute Gasteiger partial charge is 0.494 e. The molecule has 0 bridgehead atoms. The predicted molar refractivity (Wildman–Crippen MR) is 66.7 cm³/mol. The fourth-order valence-corrected chi connectivity index (χ4v) is 2.32. The van der Waals surface area contributed by atoms with Crippen LogP contribution in [0.4, 0.5) is 0 Å². The SMILES string of the molecule is CCOc1ccccc1C1NNC(C)C1CO. The van der Waals surface area contributed by atoms with Crippen molar-refractivity contribution < 1.29 is 9.84 Å². The molecule has 1 fully saturated rings. The summed E-state index contributed by atoms with van der Waals surface area (Å²) in [6.07, 6.45) is 0. The molecule has 4 heteroatoms. The van der Waals surface area contributed by atoms with Gasteiger partial charge in [0, 0.05) is 24.1 Å². The Hall–Kier alpha value is -1.10. The molecule has 0 radical (unpaired) electrons. The molecule has 3 unspecified atom stereocenters. The summed E-state index contributed by atoms with van der Waals surface area (Å²) in [5, 5.41) is 9.47. The van der Waals surface area contributed by atoms with Crippen molar-refractivity contribution in [2.75, 3.05) is 13.2 Å². The van der Waals surface area contributed by atoms with E-state index in [-0.39, 0.29) is 24.6 Å². The molecule has 4 nitrogen and oxygen atoms in total. The van der Waals surface area contributed by atoms with Crippen molar-refractivity contribution in [3.63, 3.8) is 0 Å². The van der Waals surface area contributed by atoms with Gasteiger partial charge in [0.05, 0.1) is 12.6 Å². The zero-order valence-corrected chi connectivity index (χ0v) is 10.3. The van der Waals surface area contributed by atoms with Crippen LogP contribution in [-0.2, 0) is 0 Å². The molecule has 0 saturated carbocycles. The maximum absolute atomic E-state index is 9.47. The molecule has 17 heavy (non-hydrogen) atoms. The molecule has 1 aliphatic rings. The van der Waals surface area contributed by atoms with E-state index in [0.717, 1.165) is 11.3 Å². The topological polar surface area (TPSA) is 53.5 Å². The normalized spacial score (nSPS) is 28.3. The Labute approximate surface area is 102 Å². The third-order valence-corrected chi connectivity index (χ3v) is 3.30. The van der Waals surface area contributed by atoms with Crippen molar-refractivity contribution in [2.24, 2.45) is 5.92 Å². The Morgan fingerprint density at radius 1 is 1.29 bits per heavy atom. The van der Waals surface area contributed by atoms with Crippen LogP contribution in [0.15, 0.2) is 24.3 Å². The van der Waals surface area contributed by atoms with E-state index < -0.39 is 0 Å². The molecule has 0 spiro atoms. The second-order valence-electron chi connectivity index (χ2n) is 4.37. The summed E-state index contributed by atoms with van der Waals surface area (Å²) in [6, 6.07) is 8.33. The van der Waals surface area contributed by atoms with Gasteiger partial charge in [0.25, 0.3) is 0 Å². The van der Waals surface area contributed by atoms with Gasteiger partial charge in [0.1, 0.15) is 5.75 Å². The predicted octanol–water partition coefficient (Wildman–Crippen LogP) is 1.23. The summed E-state index contributed by atoms with van der Waals surface area (Å²) in [7, 11) is 0. The van der Waals surface area contributed by atoms with Crippen LogP contribution in [0.3, 0.4) is 0 Å². The smallest absolute Gasteiger partial charge is 0.124 e. The molecule has 3 N–H and O–H groups in total. The lowest BCUT2D eigenvalue weighted by molar-refractivity contribution is 0.203. The van der Waals surface area contributed by atoms with Crippen LogP contribution in [0.2, 0.25) is 0 Å². The average Bonchev–Trinajstić information content (AvgIpc) is 2.71. The Morgan fingerprint density at radius 2 is 2.06 bits per heavy atom. The number of benzene rings is 1. The van der Waals surface area contributed by atoms with Gasteiger partial charge in [-0.2, -0.15) is 0 Å². The monoisotopic (exact) mass is 236 g/mol. The standard InChI is InChI=1S/C13H20N2O2/c1-3-17-12-7-5-4-6-10(12)13-11(8-16)9(2)14-15-13/h4-7,9,11,13-16H,3,8H2,1-2H3. The van der Waals surface area contributed by atoms with Gasteiger partial charge in [-0.25, -0.2) is 5.43 Å². The third-order valence-electron chi connectivity index (χ3n) is 3.30. The van der Waals surface area contributed by atoms with Gasteiger partial charge in [-0.15, -0.1) is 0 Å². The van der Waals surface area contributed by atoms with Gasteiger partial charge >= 0.3 is 0 Å². The number of hydrazine groups is 1. The summed E-state index contributed by atoms with van der Waals surface area (Å²) < 4.78 is 5.63. The third kappa shape index (κ3) is 2.44. The van der Waals surface area contributed by atoms with Gasteiger partial charge in [0.2, 0.25) is 0 Å². The molecule has 1 saturated heterocycles. The summed E-state index contributed by atoms with van der Waals surface area (Å²) in [6.45, 7) is 4.85. The van der Waals surface area contributed by atoms with E-state index in [4.69, 9.17) is 4.74 Å². The van der Waals surface area contributed by atoms with E-state index in [1.165, 1.54) is 0 Å². The molecule has 1 heterocycles. The van der Waals surface area contributed by atoms with E-state index >= 15 is 0 Å². The lowest BCUT2D eigenvalue weighted by Gasteiger charge is -2.21. The summed E-state index contributed by atoms with van der Waals surface area (Å²) in [5.41, 5.74) is 7.51. The Balaban J connectivity index is 2.27. The van der Waals surface area contributed by atoms with Gasteiger partial charge in [0.15, 0.2) is 0 Å². The van der Waals surface area contributed by atoms with Crippen molar-refractivity contribution in [3.05, 3.63) is 29.8 Å². The fraction of sp³-hybridized carbons (Fsp3) is 0.538. The Bertz CT molecular complexity index is 370. The first kappa shape index (κ1) is 12.4. The highest BCUT2D eigenvalue weighted by Crippen LogP contribution is 2.33. The van der Waals surface area contributed by atoms with Crippen LogP contribution in [0.5, 0.6) is 5.75 Å². The lowest BCUT2D eigenvalue weighted by atomic mass is 9.90. The van der Waals surface area contributed by atoms with Crippen LogP contribution < -0.4 is 15.6 Å². The first-order valence-electron chi connectivity index (χ1n) is 6.11. The van der Waals surface area contributed by atoms with Crippen LogP contribution in [0, 0.1) is 5.92 Å². The van der Waals surface area contributed by atoms with Crippen LogP contribution in [-0.4, -0.2) is 24.4 Å². The minimum absolute atomic E-state index is 0.0951. The number of hydrogen-bond donors (Lipinski definition) is 3. The number of rotatable bonds is 4. The highest BCUT2D eigenvalue weighted by molar-refractivity contribution is 5.37. The number of nitrogens with one attached hydrogen (secondary N) is 2. The molecule has 1 aromatic rings. The molecule has 0 aromatic heterocycles. The van der Waals surface area contributed by atoms with E-state index in [2.05, 4.69) is 17.8 Å². The van der Waals surface area contributed by atoms with Crippen molar-refractivity contribution in [1.29, 1.82) is 0 Å². The summed E-state index contributed by atoms with van der Waals surface area (Å²) in [5.74, 6) is 1.05. The number of aliphatic hydroxyl groups is 1. The fourth-order valence-electron chi connectivity index (χ4n) is 2.32. The highest BCUT2D eigenvalue weighted by atomic mass is 16.5. The van der Waals surface area contributed by atoms with Gasteiger partial charge in [-0.3, -0.25) is 5.43 Å². The van der Waals surface area contributed by atoms with Gasteiger partial charge < -0.3 is 9.84 Å². The van der Waals surface area contributed by atoms with Gasteiger partial charge in [-0.05, 0) is 19.9 Å². The molecule has 1 aromatic carbocycles. The van der Waals surface area contributed by atoms with Crippen molar-refractivity contribution in [1.82, 2.24) is 10.9 Å². The average molecular weight is 236 g/mol. The molecule has 3 atom stereocenters. The van der Waals surface area contributed by atoms with E-state index in [0.29, 0.717) is 6.61 Å². The first-order chi connectivity index (χ1) is 8.27. The summed E-state index contributed by atoms with van der Waals surface area (Å²) >= 11 is 0. The molecular formula is C13H20N2O2. The van der Waals surface area contributed by atoms with Crippen LogP contribution >= 0.6 is 0 Å². The molecule has 0 aliphatic carbocycles. The number of hydrogen-bond acceptors (Lipinski definition) is 4. The van der Waals surface area contributed by atoms with Crippen LogP contribution in [0.1, 0.15) is 25.5 Å². The molecule has 2 rings (SSSR count). The molecule has 0 amide bonds. The Kier molecular flexibility index (Phi) is 3.99. The quantitative estimate of drug-likeness (QED) is 0.736. The maximum atomic E-state index is 9.47. The van der Waals surface area contributed by atoms with E-state index in [1.807, 2.05) is 31.2 Å². The van der Waals surface area contributed by atoms with Crippen LogP contribution in [0.25, 0.3) is 0 Å². The number of aliphatic hydroxyl groups excluding tert-OH is 1. The number of para-hydroxylation sites is 1. The second kappa shape index (κ2) is 5.49. The summed E-state index contributed by atoms with van der Waals surface area (Å²) in [4.78, 5) is 0. The van der Waals surface area contributed by atoms with Crippen molar-refractivity contribution >= 4 is 0 Å². The number of ether oxygens (including phenoxy) is 1. The lowest BCUT2D eigenvalue weighted by Crippen LogP contribution is -2.29. The van der Waals surface area contributed by atoms with E-state index in [1.54, 1.807) is 0 Å². The van der Waals surface area contributed by atoms with Crippen molar-refractivity contribution in [3.8, 4) is 5.75 Å².